The number of rotatable bonds is 4. The number of carbonyl (C=O) groups is 4. The summed E-state index contributed by atoms with van der Waals surface area (Å²) in [4.78, 5) is 49.7. The molecule has 32 heavy (non-hydrogen) atoms. The van der Waals surface area contributed by atoms with E-state index in [-0.39, 0.29) is 34.7 Å². The molecular weight excluding hydrogens is 408 g/mol. The van der Waals surface area contributed by atoms with Crippen LogP contribution >= 0.6 is 0 Å². The van der Waals surface area contributed by atoms with Gasteiger partial charge in [-0.3, -0.25) is 19.2 Å². The first-order valence-corrected chi connectivity index (χ1v) is 9.76. The summed E-state index contributed by atoms with van der Waals surface area (Å²) >= 11 is 0. The molecular formula is C26H14O6. The Morgan fingerprint density at radius 1 is 0.438 bits per heavy atom. The van der Waals surface area contributed by atoms with E-state index in [4.69, 9.17) is 9.47 Å². The van der Waals surface area contributed by atoms with E-state index in [9.17, 15) is 19.2 Å². The molecule has 0 saturated heterocycles. The minimum absolute atomic E-state index is 0.0743. The van der Waals surface area contributed by atoms with Gasteiger partial charge < -0.3 is 9.47 Å². The molecule has 0 aliphatic heterocycles. The second-order valence-corrected chi connectivity index (χ2v) is 7.17. The highest BCUT2D eigenvalue weighted by molar-refractivity contribution is 6.24. The van der Waals surface area contributed by atoms with Gasteiger partial charge in [0.15, 0.2) is 23.1 Å². The summed E-state index contributed by atoms with van der Waals surface area (Å²) < 4.78 is 11.2. The molecule has 2 aliphatic rings. The van der Waals surface area contributed by atoms with Crippen molar-refractivity contribution in [2.45, 2.75) is 0 Å². The standard InChI is InChI=1S/C26H14O6/c27-21-13-23(25(29)19-7-3-1-5-17(19)21)31-15-9-11-16(12-10-15)32-24-14-22(28)18-6-2-4-8-20(18)26(24)30/h1-14H. The Morgan fingerprint density at radius 2 is 0.781 bits per heavy atom. The number of benzene rings is 3. The molecule has 154 valence electrons. The zero-order chi connectivity index (χ0) is 22.2. The summed E-state index contributed by atoms with van der Waals surface area (Å²) in [7, 11) is 0. The first kappa shape index (κ1) is 19.4. The number of hydrogen-bond acceptors (Lipinski definition) is 6. The number of allylic oxidation sites excluding steroid dienone is 4. The molecule has 2 aliphatic carbocycles. The molecule has 0 saturated carbocycles. The fourth-order valence-corrected chi connectivity index (χ4v) is 3.56. The summed E-state index contributed by atoms with van der Waals surface area (Å²) in [6, 6.07) is 19.3. The van der Waals surface area contributed by atoms with Crippen LogP contribution in [0.3, 0.4) is 0 Å². The molecule has 5 rings (SSSR count). The van der Waals surface area contributed by atoms with Crippen LogP contribution in [0.2, 0.25) is 0 Å². The van der Waals surface area contributed by atoms with Crippen LogP contribution in [0.4, 0.5) is 0 Å². The maximum absolute atomic E-state index is 12.6. The quantitative estimate of drug-likeness (QED) is 0.621. The van der Waals surface area contributed by atoms with Crippen molar-refractivity contribution in [3.63, 3.8) is 0 Å². The van der Waals surface area contributed by atoms with Crippen LogP contribution in [0.15, 0.2) is 96.5 Å². The van der Waals surface area contributed by atoms with Gasteiger partial charge in [-0.05, 0) is 24.3 Å². The average Bonchev–Trinajstić information content (AvgIpc) is 2.82. The molecule has 0 aromatic heterocycles. The van der Waals surface area contributed by atoms with Crippen molar-refractivity contribution in [2.75, 3.05) is 0 Å². The number of fused-ring (bicyclic) bond motifs is 2. The van der Waals surface area contributed by atoms with Crippen LogP contribution < -0.4 is 9.47 Å². The zero-order valence-corrected chi connectivity index (χ0v) is 16.5. The highest BCUT2D eigenvalue weighted by Crippen LogP contribution is 2.28. The van der Waals surface area contributed by atoms with Crippen molar-refractivity contribution in [2.24, 2.45) is 0 Å². The monoisotopic (exact) mass is 422 g/mol. The van der Waals surface area contributed by atoms with E-state index >= 15 is 0 Å². The molecule has 0 heterocycles. The average molecular weight is 422 g/mol. The number of hydrogen-bond donors (Lipinski definition) is 0. The van der Waals surface area contributed by atoms with E-state index in [1.165, 1.54) is 36.4 Å². The van der Waals surface area contributed by atoms with Gasteiger partial charge in [-0.2, -0.15) is 0 Å². The van der Waals surface area contributed by atoms with Crippen LogP contribution in [0.1, 0.15) is 41.4 Å². The molecule has 0 unspecified atom stereocenters. The molecule has 0 radical (unpaired) electrons. The maximum Gasteiger partial charge on any atom is 0.229 e. The molecule has 0 atom stereocenters. The lowest BCUT2D eigenvalue weighted by molar-refractivity contribution is 0.0945. The second kappa shape index (κ2) is 7.59. The van der Waals surface area contributed by atoms with Crippen molar-refractivity contribution >= 4 is 23.1 Å². The third kappa shape index (κ3) is 3.33. The fraction of sp³-hybridized carbons (Fsp3) is 0. The van der Waals surface area contributed by atoms with Crippen molar-refractivity contribution in [1.29, 1.82) is 0 Å². The van der Waals surface area contributed by atoms with Crippen LogP contribution in [0.5, 0.6) is 11.5 Å². The summed E-state index contributed by atoms with van der Waals surface area (Å²) in [5.74, 6) is -0.884. The molecule has 0 N–H and O–H groups in total. The van der Waals surface area contributed by atoms with E-state index in [1.54, 1.807) is 48.5 Å². The molecule has 0 fully saturated rings. The lowest BCUT2D eigenvalue weighted by atomic mass is 9.94. The number of ether oxygens (including phenoxy) is 2. The highest BCUT2D eigenvalue weighted by Gasteiger charge is 2.28. The number of Topliss-reactive ketones (excluding diaryl/α,β-unsaturated/α-hetero) is 2. The molecule has 0 spiro atoms. The van der Waals surface area contributed by atoms with E-state index in [0.717, 1.165) is 0 Å². The highest BCUT2D eigenvalue weighted by atomic mass is 16.5. The Hall–Kier alpha value is -4.58. The van der Waals surface area contributed by atoms with Gasteiger partial charge in [0.05, 0.1) is 0 Å². The van der Waals surface area contributed by atoms with E-state index in [0.29, 0.717) is 33.8 Å². The van der Waals surface area contributed by atoms with Crippen molar-refractivity contribution in [3.05, 3.63) is 119 Å². The lowest BCUT2D eigenvalue weighted by Crippen LogP contribution is -2.20. The lowest BCUT2D eigenvalue weighted by Gasteiger charge is -2.17. The van der Waals surface area contributed by atoms with E-state index in [1.807, 2.05) is 0 Å². The van der Waals surface area contributed by atoms with Crippen molar-refractivity contribution in [1.82, 2.24) is 0 Å². The minimum atomic E-state index is -0.379. The largest absolute Gasteiger partial charge is 0.453 e. The summed E-state index contributed by atoms with van der Waals surface area (Å²) in [5, 5.41) is 0. The molecule has 0 amide bonds. The van der Waals surface area contributed by atoms with Gasteiger partial charge in [0.2, 0.25) is 11.6 Å². The van der Waals surface area contributed by atoms with Gasteiger partial charge in [-0.25, -0.2) is 0 Å². The number of ketones is 4. The fourth-order valence-electron chi connectivity index (χ4n) is 3.56. The Morgan fingerprint density at radius 3 is 1.16 bits per heavy atom. The predicted molar refractivity (Wildman–Crippen MR) is 114 cm³/mol. The first-order valence-electron chi connectivity index (χ1n) is 9.76. The van der Waals surface area contributed by atoms with Crippen LogP contribution in [-0.4, -0.2) is 23.1 Å². The third-order valence-electron chi connectivity index (χ3n) is 5.13. The maximum atomic E-state index is 12.6. The first-order chi connectivity index (χ1) is 15.5. The third-order valence-corrected chi connectivity index (χ3v) is 5.13. The van der Waals surface area contributed by atoms with Gasteiger partial charge in [-0.1, -0.05) is 48.5 Å². The summed E-state index contributed by atoms with van der Waals surface area (Å²) in [6.07, 6.45) is 2.34. The minimum Gasteiger partial charge on any atom is -0.453 e. The molecule has 6 heteroatoms. The summed E-state index contributed by atoms with van der Waals surface area (Å²) in [5.41, 5.74) is 1.27. The molecule has 3 aromatic rings. The van der Waals surface area contributed by atoms with Crippen molar-refractivity contribution in [3.8, 4) is 11.5 Å². The number of carbonyl (C=O) groups excluding carboxylic acids is 4. The smallest absolute Gasteiger partial charge is 0.229 e. The van der Waals surface area contributed by atoms with Gasteiger partial charge >= 0.3 is 0 Å². The normalized spacial score (nSPS) is 14.9. The van der Waals surface area contributed by atoms with E-state index < -0.39 is 0 Å². The van der Waals surface area contributed by atoms with Gasteiger partial charge in [0.1, 0.15) is 11.5 Å². The van der Waals surface area contributed by atoms with Crippen LogP contribution in [-0.2, 0) is 0 Å². The van der Waals surface area contributed by atoms with Crippen molar-refractivity contribution < 1.29 is 28.7 Å². The van der Waals surface area contributed by atoms with Crippen LogP contribution in [0.25, 0.3) is 0 Å². The Kier molecular flexibility index (Phi) is 4.60. The molecule has 0 bridgehead atoms. The molecule has 6 nitrogen and oxygen atoms in total. The van der Waals surface area contributed by atoms with Crippen LogP contribution in [0, 0.1) is 0 Å². The van der Waals surface area contributed by atoms with Gasteiger partial charge in [-0.15, -0.1) is 0 Å². The Labute approximate surface area is 182 Å². The van der Waals surface area contributed by atoms with E-state index in [2.05, 4.69) is 0 Å². The Bertz CT molecular complexity index is 1270. The second-order valence-electron chi connectivity index (χ2n) is 7.17. The summed E-state index contributed by atoms with van der Waals surface area (Å²) in [6.45, 7) is 0. The SMILES string of the molecule is O=C1C=C(Oc2ccc(OC3=CC(=O)c4ccccc4C3=O)cc2)C(=O)c2ccccc21. The topological polar surface area (TPSA) is 86.7 Å². The van der Waals surface area contributed by atoms with Gasteiger partial charge in [0.25, 0.3) is 0 Å². The predicted octanol–water partition coefficient (Wildman–Crippen LogP) is 4.37. The Balaban J connectivity index is 1.33. The molecule has 3 aromatic carbocycles. The van der Waals surface area contributed by atoms with Gasteiger partial charge in [0, 0.05) is 34.4 Å². The zero-order valence-electron chi connectivity index (χ0n) is 16.5.